The molecule has 1 heterocycles. The van der Waals surface area contributed by atoms with Gasteiger partial charge in [-0.25, -0.2) is 4.98 Å². The van der Waals surface area contributed by atoms with Crippen LogP contribution in [0.15, 0.2) is 44.7 Å². The van der Waals surface area contributed by atoms with E-state index < -0.39 is 5.41 Å². The fourth-order valence-electron chi connectivity index (χ4n) is 3.05. The molecular formula is C24H23BrIN3O3. The number of nitrogens with zero attached hydrogens (tertiary/aromatic N) is 3. The standard InChI is InChI=1S/C24H23BrIN3O3/c1-6-10-32-21-18(26)11-15(12-20(21)31-7-2)14-27-29-22(30)17-13-16(25)8-9-19(17)28-23(29)24(3,4)5/h1,8-9,11-14H,7,10H2,2-5H3. The Kier molecular flexibility index (Phi) is 7.62. The molecule has 3 rings (SSSR count). The van der Waals surface area contributed by atoms with Crippen LogP contribution >= 0.6 is 38.5 Å². The summed E-state index contributed by atoms with van der Waals surface area (Å²) in [5.41, 5.74) is 0.770. The minimum absolute atomic E-state index is 0.145. The fraction of sp³-hybridized carbons (Fsp3) is 0.292. The molecule has 0 amide bonds. The third kappa shape index (κ3) is 5.33. The van der Waals surface area contributed by atoms with E-state index in [4.69, 9.17) is 20.9 Å². The molecule has 0 N–H and O–H groups in total. The van der Waals surface area contributed by atoms with Crippen LogP contribution in [0.4, 0.5) is 0 Å². The summed E-state index contributed by atoms with van der Waals surface area (Å²) in [5.74, 6) is 4.19. The topological polar surface area (TPSA) is 65.7 Å². The van der Waals surface area contributed by atoms with E-state index in [2.05, 4.69) is 49.5 Å². The molecule has 0 spiro atoms. The average Bonchev–Trinajstić information content (AvgIpc) is 2.72. The summed E-state index contributed by atoms with van der Waals surface area (Å²) in [6.45, 7) is 8.51. The number of benzene rings is 2. The number of ether oxygens (including phenoxy) is 2. The smallest absolute Gasteiger partial charge is 0.282 e. The predicted octanol–water partition coefficient (Wildman–Crippen LogP) is 5.35. The highest BCUT2D eigenvalue weighted by Gasteiger charge is 2.23. The normalized spacial score (nSPS) is 11.7. The van der Waals surface area contributed by atoms with Crippen molar-refractivity contribution < 1.29 is 9.47 Å². The van der Waals surface area contributed by atoms with Crippen molar-refractivity contribution in [3.05, 3.63) is 60.1 Å². The molecule has 32 heavy (non-hydrogen) atoms. The minimum Gasteiger partial charge on any atom is -0.490 e. The summed E-state index contributed by atoms with van der Waals surface area (Å²) < 4.78 is 14.4. The molecule has 0 unspecified atom stereocenters. The Hall–Kier alpha value is -2.38. The largest absolute Gasteiger partial charge is 0.490 e. The summed E-state index contributed by atoms with van der Waals surface area (Å²) in [6.07, 6.45) is 6.95. The van der Waals surface area contributed by atoms with Crippen molar-refractivity contribution in [2.45, 2.75) is 33.1 Å². The molecule has 1 aromatic heterocycles. The van der Waals surface area contributed by atoms with Gasteiger partial charge in [-0.15, -0.1) is 6.42 Å². The van der Waals surface area contributed by atoms with Gasteiger partial charge in [0.05, 0.1) is 27.3 Å². The van der Waals surface area contributed by atoms with E-state index in [1.807, 2.05) is 52.0 Å². The van der Waals surface area contributed by atoms with Crippen LogP contribution in [0.5, 0.6) is 11.5 Å². The molecular weight excluding hydrogens is 585 g/mol. The van der Waals surface area contributed by atoms with Gasteiger partial charge in [0, 0.05) is 9.89 Å². The maximum absolute atomic E-state index is 13.3. The number of hydrogen-bond acceptors (Lipinski definition) is 5. The van der Waals surface area contributed by atoms with Crippen LogP contribution in [0.1, 0.15) is 39.1 Å². The zero-order valence-corrected chi connectivity index (χ0v) is 22.0. The first-order chi connectivity index (χ1) is 15.2. The molecule has 0 aliphatic carbocycles. The van der Waals surface area contributed by atoms with E-state index in [9.17, 15) is 4.79 Å². The maximum Gasteiger partial charge on any atom is 0.282 e. The highest BCUT2D eigenvalue weighted by molar-refractivity contribution is 14.1. The van der Waals surface area contributed by atoms with E-state index in [1.54, 1.807) is 12.3 Å². The Balaban J connectivity index is 2.15. The van der Waals surface area contributed by atoms with Crippen molar-refractivity contribution in [3.63, 3.8) is 0 Å². The minimum atomic E-state index is -0.393. The van der Waals surface area contributed by atoms with Gasteiger partial charge in [-0.3, -0.25) is 4.79 Å². The highest BCUT2D eigenvalue weighted by Crippen LogP contribution is 2.34. The van der Waals surface area contributed by atoms with Gasteiger partial charge in [0.2, 0.25) is 0 Å². The van der Waals surface area contributed by atoms with Crippen LogP contribution in [0.3, 0.4) is 0 Å². The number of rotatable bonds is 6. The number of hydrogen-bond donors (Lipinski definition) is 0. The summed E-state index contributed by atoms with van der Waals surface area (Å²) in [5, 5.41) is 5.02. The van der Waals surface area contributed by atoms with Crippen molar-refractivity contribution in [2.24, 2.45) is 5.10 Å². The second kappa shape index (κ2) is 10.0. The summed E-state index contributed by atoms with van der Waals surface area (Å²) in [6, 6.07) is 9.17. The second-order valence-electron chi connectivity index (χ2n) is 7.96. The van der Waals surface area contributed by atoms with Crippen LogP contribution in [0, 0.1) is 15.9 Å². The zero-order chi connectivity index (χ0) is 23.5. The Labute approximate surface area is 209 Å². The Morgan fingerprint density at radius 1 is 1.28 bits per heavy atom. The molecule has 6 nitrogen and oxygen atoms in total. The van der Waals surface area contributed by atoms with E-state index >= 15 is 0 Å². The summed E-state index contributed by atoms with van der Waals surface area (Å²) >= 11 is 5.59. The molecule has 0 bridgehead atoms. The first kappa shape index (κ1) is 24.3. The molecule has 0 radical (unpaired) electrons. The molecule has 0 aliphatic rings. The molecule has 0 saturated heterocycles. The van der Waals surface area contributed by atoms with Gasteiger partial charge in [0.15, 0.2) is 11.5 Å². The summed E-state index contributed by atoms with van der Waals surface area (Å²) in [7, 11) is 0. The first-order valence-electron chi connectivity index (χ1n) is 9.95. The van der Waals surface area contributed by atoms with Crippen LogP contribution in [0.2, 0.25) is 0 Å². The number of halogens is 2. The lowest BCUT2D eigenvalue weighted by atomic mass is 9.95. The quantitative estimate of drug-likeness (QED) is 0.215. The van der Waals surface area contributed by atoms with Gasteiger partial charge in [0.25, 0.3) is 5.56 Å². The monoisotopic (exact) mass is 607 g/mol. The number of aromatic nitrogens is 2. The lowest BCUT2D eigenvalue weighted by molar-refractivity contribution is 0.298. The van der Waals surface area contributed by atoms with Crippen LogP contribution in [-0.2, 0) is 5.41 Å². The molecule has 3 aromatic rings. The van der Waals surface area contributed by atoms with Crippen molar-refractivity contribution in [1.82, 2.24) is 9.66 Å². The van der Waals surface area contributed by atoms with Gasteiger partial charge < -0.3 is 9.47 Å². The SMILES string of the molecule is C#CCOc1c(I)cc(C=Nn2c(C(C)(C)C)nc3ccc(Br)cc3c2=O)cc1OCC. The van der Waals surface area contributed by atoms with Crippen LogP contribution in [-0.4, -0.2) is 29.1 Å². The predicted molar refractivity (Wildman–Crippen MR) is 140 cm³/mol. The molecule has 0 aliphatic heterocycles. The fourth-order valence-corrected chi connectivity index (χ4v) is 4.19. The van der Waals surface area contributed by atoms with E-state index in [0.29, 0.717) is 34.8 Å². The molecule has 2 aromatic carbocycles. The van der Waals surface area contributed by atoms with Crippen molar-refractivity contribution in [2.75, 3.05) is 13.2 Å². The van der Waals surface area contributed by atoms with E-state index in [0.717, 1.165) is 13.6 Å². The van der Waals surface area contributed by atoms with E-state index in [1.165, 1.54) is 4.68 Å². The number of fused-ring (bicyclic) bond motifs is 1. The lowest BCUT2D eigenvalue weighted by Crippen LogP contribution is -2.29. The van der Waals surface area contributed by atoms with Gasteiger partial charge in [-0.2, -0.15) is 9.78 Å². The molecule has 0 atom stereocenters. The molecule has 0 saturated carbocycles. The van der Waals surface area contributed by atoms with Crippen LogP contribution in [0.25, 0.3) is 10.9 Å². The molecule has 0 fully saturated rings. The maximum atomic E-state index is 13.3. The molecule has 8 heteroatoms. The Morgan fingerprint density at radius 2 is 2.03 bits per heavy atom. The second-order valence-corrected chi connectivity index (χ2v) is 10.0. The van der Waals surface area contributed by atoms with Crippen LogP contribution < -0.4 is 15.0 Å². The lowest BCUT2D eigenvalue weighted by Gasteiger charge is -2.21. The van der Waals surface area contributed by atoms with Crippen molar-refractivity contribution in [3.8, 4) is 23.8 Å². The van der Waals surface area contributed by atoms with Gasteiger partial charge in [-0.1, -0.05) is 42.6 Å². The van der Waals surface area contributed by atoms with Crippen molar-refractivity contribution >= 4 is 55.6 Å². The summed E-state index contributed by atoms with van der Waals surface area (Å²) in [4.78, 5) is 18.0. The van der Waals surface area contributed by atoms with E-state index in [-0.39, 0.29) is 12.2 Å². The van der Waals surface area contributed by atoms with Gasteiger partial charge in [0.1, 0.15) is 12.4 Å². The van der Waals surface area contributed by atoms with Crippen molar-refractivity contribution in [1.29, 1.82) is 0 Å². The average molecular weight is 608 g/mol. The highest BCUT2D eigenvalue weighted by atomic mass is 127. The zero-order valence-electron chi connectivity index (χ0n) is 18.3. The van der Waals surface area contributed by atoms with Gasteiger partial charge in [-0.05, 0) is 65.4 Å². The Morgan fingerprint density at radius 3 is 2.69 bits per heavy atom. The molecule has 166 valence electrons. The van der Waals surface area contributed by atoms with Gasteiger partial charge >= 0.3 is 0 Å². The first-order valence-corrected chi connectivity index (χ1v) is 11.8. The Bertz CT molecular complexity index is 1290. The number of terminal acetylenes is 1. The third-order valence-electron chi connectivity index (χ3n) is 4.43. The third-order valence-corrected chi connectivity index (χ3v) is 5.73.